The second-order valence-corrected chi connectivity index (χ2v) is 21.3. The first-order chi connectivity index (χ1) is 36.6. The van der Waals surface area contributed by atoms with Crippen molar-refractivity contribution in [3.63, 3.8) is 0 Å². The third-order valence-electron chi connectivity index (χ3n) is 12.8. The number of aliphatic carboxylic acids is 1. The topological polar surface area (TPSA) is 111 Å². The molecular formula is C66H113NO8. The number of hydrogen-bond acceptors (Lipinski definition) is 8. The second kappa shape index (κ2) is 56.4. The first-order valence-corrected chi connectivity index (χ1v) is 30.4. The number of esters is 2. The van der Waals surface area contributed by atoms with Gasteiger partial charge in [0.1, 0.15) is 13.2 Å². The fourth-order valence-electron chi connectivity index (χ4n) is 8.20. The summed E-state index contributed by atoms with van der Waals surface area (Å²) in [4.78, 5) is 37.2. The number of carbonyl (C=O) groups is 3. The summed E-state index contributed by atoms with van der Waals surface area (Å²) >= 11 is 0. The zero-order chi connectivity index (χ0) is 54.8. The molecule has 0 rings (SSSR count). The molecule has 2 atom stereocenters. The van der Waals surface area contributed by atoms with E-state index in [1.807, 2.05) is 21.1 Å². The van der Waals surface area contributed by atoms with E-state index in [1.54, 1.807) is 0 Å². The summed E-state index contributed by atoms with van der Waals surface area (Å²) in [6.45, 7) is 4.63. The van der Waals surface area contributed by atoms with Crippen LogP contribution in [0.3, 0.4) is 0 Å². The van der Waals surface area contributed by atoms with E-state index in [0.717, 1.165) is 89.9 Å². The largest absolute Gasteiger partial charge is 0.545 e. The third kappa shape index (κ3) is 57.7. The fraction of sp³-hybridized carbons (Fsp3) is 0.712. The normalized spacial score (nSPS) is 13.5. The number of carboxylic acid groups (broad SMARTS) is 1. The van der Waals surface area contributed by atoms with E-state index in [4.69, 9.17) is 18.9 Å². The van der Waals surface area contributed by atoms with E-state index in [1.165, 1.54) is 122 Å². The summed E-state index contributed by atoms with van der Waals surface area (Å²) in [7, 11) is 5.92. The highest BCUT2D eigenvalue weighted by Crippen LogP contribution is 2.16. The lowest BCUT2D eigenvalue weighted by molar-refractivity contribution is -0.870. The Kier molecular flexibility index (Phi) is 53.6. The molecule has 0 aromatic carbocycles. The first kappa shape index (κ1) is 71.2. The number of allylic oxidation sites excluding steroid dienone is 16. The molecule has 0 aromatic rings. The predicted molar refractivity (Wildman–Crippen MR) is 315 cm³/mol. The summed E-state index contributed by atoms with van der Waals surface area (Å²) < 4.78 is 22.7. The number of ether oxygens (including phenoxy) is 4. The maximum Gasteiger partial charge on any atom is 0.306 e. The Morgan fingerprint density at radius 2 is 0.760 bits per heavy atom. The Bertz CT molecular complexity index is 1550. The smallest absolute Gasteiger partial charge is 0.306 e. The van der Waals surface area contributed by atoms with Gasteiger partial charge < -0.3 is 33.3 Å². The fourth-order valence-corrected chi connectivity index (χ4v) is 8.20. The molecule has 0 spiro atoms. The van der Waals surface area contributed by atoms with Gasteiger partial charge in [-0.1, -0.05) is 252 Å². The summed E-state index contributed by atoms with van der Waals surface area (Å²) in [5, 5.41) is 11.8. The van der Waals surface area contributed by atoms with E-state index in [0.29, 0.717) is 23.9 Å². The van der Waals surface area contributed by atoms with Crippen LogP contribution in [0.2, 0.25) is 0 Å². The molecule has 0 aliphatic rings. The lowest BCUT2D eigenvalue weighted by Gasteiger charge is -2.26. The van der Waals surface area contributed by atoms with Gasteiger partial charge >= 0.3 is 11.9 Å². The number of unbranched alkanes of at least 4 members (excludes halogenated alkanes) is 24. The van der Waals surface area contributed by atoms with Crippen LogP contribution in [-0.4, -0.2) is 82.3 Å². The number of quaternary nitrogens is 1. The molecule has 0 N–H and O–H groups in total. The van der Waals surface area contributed by atoms with E-state index >= 15 is 0 Å². The van der Waals surface area contributed by atoms with E-state index < -0.39 is 24.3 Å². The lowest BCUT2D eigenvalue weighted by atomic mass is 10.0. The molecule has 9 nitrogen and oxygen atoms in total. The predicted octanol–water partition coefficient (Wildman–Crippen LogP) is 16.8. The Morgan fingerprint density at radius 3 is 1.13 bits per heavy atom. The van der Waals surface area contributed by atoms with Crippen LogP contribution >= 0.6 is 0 Å². The number of rotatable bonds is 55. The molecule has 0 bridgehead atoms. The minimum absolute atomic E-state index is 0.145. The molecule has 0 fully saturated rings. The zero-order valence-electron chi connectivity index (χ0n) is 48.9. The van der Waals surface area contributed by atoms with Crippen LogP contribution in [0.4, 0.5) is 0 Å². The quantitative estimate of drug-likeness (QED) is 0.0195. The van der Waals surface area contributed by atoms with Crippen molar-refractivity contribution in [1.82, 2.24) is 0 Å². The zero-order valence-corrected chi connectivity index (χ0v) is 48.9. The molecule has 0 heterocycles. The van der Waals surface area contributed by atoms with Gasteiger partial charge in [0.15, 0.2) is 12.4 Å². The molecule has 0 aliphatic carbocycles. The average molecular weight is 1050 g/mol. The summed E-state index contributed by atoms with van der Waals surface area (Å²) in [5.41, 5.74) is 0. The van der Waals surface area contributed by atoms with Crippen molar-refractivity contribution in [3.05, 3.63) is 97.2 Å². The number of carboxylic acids is 1. The van der Waals surface area contributed by atoms with Crippen LogP contribution in [0.15, 0.2) is 97.2 Å². The van der Waals surface area contributed by atoms with Crippen LogP contribution in [0, 0.1) is 0 Å². The van der Waals surface area contributed by atoms with Gasteiger partial charge in [-0.15, -0.1) is 0 Å². The van der Waals surface area contributed by atoms with E-state index in [2.05, 4.69) is 111 Å². The molecule has 9 heteroatoms. The van der Waals surface area contributed by atoms with Gasteiger partial charge in [-0.25, -0.2) is 0 Å². The van der Waals surface area contributed by atoms with Crippen molar-refractivity contribution in [2.45, 2.75) is 257 Å². The molecule has 0 radical (unpaired) electrons. The summed E-state index contributed by atoms with van der Waals surface area (Å²) in [5.74, 6) is -2.28. The van der Waals surface area contributed by atoms with Crippen molar-refractivity contribution in [2.75, 3.05) is 47.5 Å². The van der Waals surface area contributed by atoms with Crippen LogP contribution in [-0.2, 0) is 33.3 Å². The van der Waals surface area contributed by atoms with Gasteiger partial charge in [-0.3, -0.25) is 9.59 Å². The van der Waals surface area contributed by atoms with Crippen molar-refractivity contribution in [3.8, 4) is 0 Å². The first-order valence-electron chi connectivity index (χ1n) is 30.4. The van der Waals surface area contributed by atoms with Crippen molar-refractivity contribution in [1.29, 1.82) is 0 Å². The maximum absolute atomic E-state index is 12.9. The van der Waals surface area contributed by atoms with Crippen LogP contribution in [0.1, 0.15) is 245 Å². The van der Waals surface area contributed by atoms with Gasteiger partial charge in [0.05, 0.1) is 40.3 Å². The molecule has 0 saturated carbocycles. The highest BCUT2D eigenvalue weighted by Gasteiger charge is 2.22. The van der Waals surface area contributed by atoms with Gasteiger partial charge in [0.25, 0.3) is 0 Å². The molecule has 0 aliphatic heterocycles. The van der Waals surface area contributed by atoms with E-state index in [9.17, 15) is 19.5 Å². The van der Waals surface area contributed by atoms with Crippen LogP contribution in [0.25, 0.3) is 0 Å². The van der Waals surface area contributed by atoms with E-state index in [-0.39, 0.29) is 32.2 Å². The minimum Gasteiger partial charge on any atom is -0.545 e. The maximum atomic E-state index is 12.9. The van der Waals surface area contributed by atoms with Gasteiger partial charge in [-0.2, -0.15) is 0 Å². The Balaban J connectivity index is 4.11. The highest BCUT2D eigenvalue weighted by atomic mass is 16.7. The summed E-state index contributed by atoms with van der Waals surface area (Å²) in [6.07, 6.45) is 73.2. The Hall–Kier alpha value is -3.79. The van der Waals surface area contributed by atoms with Gasteiger partial charge in [0, 0.05) is 12.8 Å². The van der Waals surface area contributed by atoms with Gasteiger partial charge in [0.2, 0.25) is 0 Å². The Labute approximate surface area is 461 Å². The van der Waals surface area contributed by atoms with Gasteiger partial charge in [-0.05, 0) is 77.0 Å². The monoisotopic (exact) mass is 1050 g/mol. The molecule has 430 valence electrons. The SMILES string of the molecule is CC/C=C\C/C=C\C/C=C\C/C=C\C/C=C\C/C=C\C/C=C\C/C=C\CCCCCCCCCCCCCCC(=O)OC(COC(=O)CCCCCCCCCCCCCCC)COC(OCC[N+](C)(C)C)C(=O)[O-]. The average Bonchev–Trinajstić information content (AvgIpc) is 3.38. The molecule has 2 unspecified atom stereocenters. The number of likely N-dealkylation sites (N-methyl/N-ethyl adjacent to an activating group) is 1. The van der Waals surface area contributed by atoms with Crippen LogP contribution in [0.5, 0.6) is 0 Å². The molecule has 75 heavy (non-hydrogen) atoms. The van der Waals surface area contributed by atoms with Crippen LogP contribution < -0.4 is 5.11 Å². The Morgan fingerprint density at radius 1 is 0.413 bits per heavy atom. The molecule has 0 saturated heterocycles. The lowest BCUT2D eigenvalue weighted by Crippen LogP contribution is -2.44. The van der Waals surface area contributed by atoms with Crippen molar-refractivity contribution < 1.29 is 42.9 Å². The molecular weight excluding hydrogens is 935 g/mol. The molecule has 0 amide bonds. The third-order valence-corrected chi connectivity index (χ3v) is 12.8. The van der Waals surface area contributed by atoms with Crippen molar-refractivity contribution in [2.24, 2.45) is 0 Å². The minimum atomic E-state index is -1.62. The standard InChI is InChI=1S/C66H113NO8/c1-6-8-10-12-14-16-18-20-21-22-23-24-25-26-27-28-29-30-31-32-33-34-35-36-37-38-39-40-41-42-43-45-47-49-51-53-55-57-64(69)75-62(61-74-66(65(70)71)72-59-58-67(3,4)5)60-73-63(68)56-54-52-50-48-46-44-19-17-15-13-11-9-7-2/h8,10,14,16,20-21,23-24,26-27,29-30,32-33,35-36,62,66H,6-7,9,11-13,15,17-19,22,25,28,31,34,37-61H2,1-5H3/b10-8-,16-14-,21-20-,24-23-,27-26-,30-29-,33-32-,36-35-. The highest BCUT2D eigenvalue weighted by molar-refractivity contribution is 5.70. The second-order valence-electron chi connectivity index (χ2n) is 21.3. The molecule has 0 aromatic heterocycles. The number of hydrogen-bond donors (Lipinski definition) is 0. The summed E-state index contributed by atoms with van der Waals surface area (Å²) in [6, 6.07) is 0. The number of nitrogens with zero attached hydrogens (tertiary/aromatic N) is 1. The van der Waals surface area contributed by atoms with Crippen molar-refractivity contribution >= 4 is 17.9 Å². The number of carbonyl (C=O) groups excluding carboxylic acids is 3.